The first kappa shape index (κ1) is 10.2. The Balaban J connectivity index is 3.15. The van der Waals surface area contributed by atoms with E-state index in [2.05, 4.69) is 0 Å². The lowest BCUT2D eigenvalue weighted by Gasteiger charge is -2.04. The minimum atomic E-state index is -0.635. The summed E-state index contributed by atoms with van der Waals surface area (Å²) < 4.78 is 12.3. The number of carbonyl (C=O) groups is 1. The van der Waals surface area contributed by atoms with E-state index in [4.69, 9.17) is 11.6 Å². The van der Waals surface area contributed by atoms with Crippen LogP contribution >= 0.6 is 11.6 Å². The molecule has 0 spiro atoms. The third kappa shape index (κ3) is 2.07. The molecule has 3 heteroatoms. The molecule has 1 aromatic rings. The van der Waals surface area contributed by atoms with Crippen molar-refractivity contribution in [1.82, 2.24) is 0 Å². The van der Waals surface area contributed by atoms with Crippen LogP contribution in [-0.4, -0.2) is 5.78 Å². The van der Waals surface area contributed by atoms with Gasteiger partial charge in [0.2, 0.25) is 0 Å². The molecule has 0 unspecified atom stereocenters. The van der Waals surface area contributed by atoms with Crippen LogP contribution in [0.15, 0.2) is 18.2 Å². The second-order valence-electron chi connectivity index (χ2n) is 2.69. The Morgan fingerprint density at radius 1 is 1.54 bits per heavy atom. The Bertz CT molecular complexity index is 323. The van der Waals surface area contributed by atoms with Crippen LogP contribution in [0.2, 0.25) is 5.02 Å². The summed E-state index contributed by atoms with van der Waals surface area (Å²) in [7, 11) is 0. The van der Waals surface area contributed by atoms with Gasteiger partial charge in [0.05, 0.1) is 5.02 Å². The van der Waals surface area contributed by atoms with Crippen LogP contribution in [0.1, 0.15) is 29.3 Å². The van der Waals surface area contributed by atoms with E-state index in [9.17, 15) is 9.18 Å². The standard InChI is InChI=1S/C10H10ClFO/c1-2-9(13)8-5-3-4-7(6-12)10(8)11/h3-5H,2,6H2,1H3. The molecule has 0 heterocycles. The molecule has 0 radical (unpaired) electrons. The summed E-state index contributed by atoms with van der Waals surface area (Å²) in [6.45, 7) is 1.12. The Hall–Kier alpha value is -0.890. The van der Waals surface area contributed by atoms with Crippen molar-refractivity contribution in [3.05, 3.63) is 34.3 Å². The van der Waals surface area contributed by atoms with E-state index in [1.807, 2.05) is 0 Å². The number of Topliss-reactive ketones (excluding diaryl/α,β-unsaturated/α-hetero) is 1. The summed E-state index contributed by atoms with van der Waals surface area (Å²) in [6.07, 6.45) is 0.384. The van der Waals surface area contributed by atoms with E-state index in [-0.39, 0.29) is 10.8 Å². The molecule has 1 aromatic carbocycles. The van der Waals surface area contributed by atoms with E-state index < -0.39 is 6.67 Å². The lowest BCUT2D eigenvalue weighted by atomic mass is 10.1. The minimum Gasteiger partial charge on any atom is -0.294 e. The smallest absolute Gasteiger partial charge is 0.164 e. The van der Waals surface area contributed by atoms with Gasteiger partial charge in [-0.3, -0.25) is 4.79 Å². The summed E-state index contributed by atoms with van der Waals surface area (Å²) in [5.74, 6) is -0.0553. The van der Waals surface area contributed by atoms with Gasteiger partial charge in [-0.25, -0.2) is 4.39 Å². The van der Waals surface area contributed by atoms with Crippen LogP contribution in [-0.2, 0) is 6.67 Å². The maximum Gasteiger partial charge on any atom is 0.164 e. The largest absolute Gasteiger partial charge is 0.294 e. The molecular weight excluding hydrogens is 191 g/mol. The van der Waals surface area contributed by atoms with Crippen LogP contribution < -0.4 is 0 Å². The second kappa shape index (κ2) is 4.38. The molecule has 0 aliphatic heterocycles. The molecule has 0 bridgehead atoms. The quantitative estimate of drug-likeness (QED) is 0.684. The highest BCUT2D eigenvalue weighted by Gasteiger charge is 2.10. The lowest BCUT2D eigenvalue weighted by Crippen LogP contribution is -1.99. The molecule has 1 rings (SSSR count). The zero-order valence-corrected chi connectivity index (χ0v) is 8.07. The van der Waals surface area contributed by atoms with Crippen LogP contribution in [0.4, 0.5) is 4.39 Å². The van der Waals surface area contributed by atoms with Gasteiger partial charge in [-0.05, 0) is 6.07 Å². The van der Waals surface area contributed by atoms with E-state index in [1.54, 1.807) is 25.1 Å². The van der Waals surface area contributed by atoms with Crippen molar-refractivity contribution >= 4 is 17.4 Å². The number of benzene rings is 1. The van der Waals surface area contributed by atoms with Gasteiger partial charge in [0.25, 0.3) is 0 Å². The van der Waals surface area contributed by atoms with Gasteiger partial charge in [0.15, 0.2) is 5.78 Å². The maximum absolute atomic E-state index is 12.3. The van der Waals surface area contributed by atoms with Gasteiger partial charge in [-0.1, -0.05) is 30.7 Å². The molecule has 1 nitrogen and oxygen atoms in total. The molecule has 0 N–H and O–H groups in total. The number of rotatable bonds is 3. The summed E-state index contributed by atoms with van der Waals surface area (Å²) in [6, 6.07) is 4.84. The molecule has 0 aliphatic carbocycles. The van der Waals surface area contributed by atoms with Gasteiger partial charge in [0, 0.05) is 17.5 Å². The average molecular weight is 201 g/mol. The Morgan fingerprint density at radius 2 is 2.23 bits per heavy atom. The second-order valence-corrected chi connectivity index (χ2v) is 3.07. The van der Waals surface area contributed by atoms with Crippen LogP contribution in [0.5, 0.6) is 0 Å². The number of hydrogen-bond donors (Lipinski definition) is 0. The number of ketones is 1. The van der Waals surface area contributed by atoms with Gasteiger partial charge in [-0.2, -0.15) is 0 Å². The molecule has 70 valence electrons. The zero-order chi connectivity index (χ0) is 9.84. The average Bonchev–Trinajstić information content (AvgIpc) is 2.17. The van der Waals surface area contributed by atoms with Crippen molar-refractivity contribution < 1.29 is 9.18 Å². The molecular formula is C10H10ClFO. The fourth-order valence-electron chi connectivity index (χ4n) is 1.09. The van der Waals surface area contributed by atoms with Gasteiger partial charge in [-0.15, -0.1) is 0 Å². The Labute approximate surface area is 81.5 Å². The SMILES string of the molecule is CCC(=O)c1cccc(CF)c1Cl. The van der Waals surface area contributed by atoms with Crippen molar-refractivity contribution in [3.8, 4) is 0 Å². The monoisotopic (exact) mass is 200 g/mol. The molecule has 0 saturated heterocycles. The highest BCUT2D eigenvalue weighted by Crippen LogP contribution is 2.22. The summed E-state index contributed by atoms with van der Waals surface area (Å²) >= 11 is 5.82. The third-order valence-electron chi connectivity index (χ3n) is 1.84. The highest BCUT2D eigenvalue weighted by atomic mass is 35.5. The third-order valence-corrected chi connectivity index (χ3v) is 2.29. The van der Waals surface area contributed by atoms with Crippen molar-refractivity contribution in [1.29, 1.82) is 0 Å². The molecule has 13 heavy (non-hydrogen) atoms. The fraction of sp³-hybridized carbons (Fsp3) is 0.300. The van der Waals surface area contributed by atoms with E-state index in [0.717, 1.165) is 0 Å². The van der Waals surface area contributed by atoms with Gasteiger partial charge < -0.3 is 0 Å². The van der Waals surface area contributed by atoms with Crippen LogP contribution in [0.3, 0.4) is 0 Å². The number of alkyl halides is 1. The summed E-state index contributed by atoms with van der Waals surface area (Å²) in [5.41, 5.74) is 0.792. The predicted molar refractivity (Wildman–Crippen MR) is 50.9 cm³/mol. The first-order valence-corrected chi connectivity index (χ1v) is 4.45. The van der Waals surface area contributed by atoms with Crippen molar-refractivity contribution in [3.63, 3.8) is 0 Å². The van der Waals surface area contributed by atoms with Crippen LogP contribution in [0.25, 0.3) is 0 Å². The normalized spacial score (nSPS) is 10.1. The van der Waals surface area contributed by atoms with Gasteiger partial charge >= 0.3 is 0 Å². The van der Waals surface area contributed by atoms with Crippen molar-refractivity contribution in [2.45, 2.75) is 20.0 Å². The van der Waals surface area contributed by atoms with E-state index in [0.29, 0.717) is 17.5 Å². The Morgan fingerprint density at radius 3 is 2.77 bits per heavy atom. The molecule has 0 saturated carbocycles. The Kier molecular flexibility index (Phi) is 3.43. The van der Waals surface area contributed by atoms with Gasteiger partial charge in [0.1, 0.15) is 6.67 Å². The van der Waals surface area contributed by atoms with E-state index >= 15 is 0 Å². The maximum atomic E-state index is 12.3. The van der Waals surface area contributed by atoms with E-state index in [1.165, 1.54) is 0 Å². The first-order chi connectivity index (χ1) is 6.20. The van der Waals surface area contributed by atoms with Crippen molar-refractivity contribution in [2.75, 3.05) is 0 Å². The number of hydrogen-bond acceptors (Lipinski definition) is 1. The molecule has 0 aromatic heterocycles. The first-order valence-electron chi connectivity index (χ1n) is 4.07. The fourth-order valence-corrected chi connectivity index (χ4v) is 1.37. The molecule has 0 amide bonds. The number of halogens is 2. The topological polar surface area (TPSA) is 17.1 Å². The highest BCUT2D eigenvalue weighted by molar-refractivity contribution is 6.34. The van der Waals surface area contributed by atoms with Crippen molar-refractivity contribution in [2.24, 2.45) is 0 Å². The zero-order valence-electron chi connectivity index (χ0n) is 7.31. The summed E-state index contributed by atoms with van der Waals surface area (Å²) in [5, 5.41) is 0.247. The number of carbonyl (C=O) groups excluding carboxylic acids is 1. The molecule has 0 atom stereocenters. The molecule has 0 aliphatic rings. The summed E-state index contributed by atoms with van der Waals surface area (Å²) in [4.78, 5) is 11.3. The van der Waals surface area contributed by atoms with Crippen LogP contribution in [0, 0.1) is 0 Å². The minimum absolute atomic E-state index is 0.0553. The lowest BCUT2D eigenvalue weighted by molar-refractivity contribution is 0.0988. The molecule has 0 fully saturated rings. The predicted octanol–water partition coefficient (Wildman–Crippen LogP) is 3.40.